The van der Waals surface area contributed by atoms with E-state index in [4.69, 9.17) is 0 Å². The maximum Gasteiger partial charge on any atom is 0.427 e. The molecule has 0 atom stereocenters. The van der Waals surface area contributed by atoms with Crippen LogP contribution in [-0.4, -0.2) is 16.9 Å². The van der Waals surface area contributed by atoms with Gasteiger partial charge in [-0.15, -0.1) is 0 Å². The Balaban J connectivity index is 2.60. The normalized spacial score (nSPS) is 14.5. The summed E-state index contributed by atoms with van der Waals surface area (Å²) in [4.78, 5) is 33.4. The second-order valence-electron chi connectivity index (χ2n) is 4.35. The molecule has 21 heavy (non-hydrogen) atoms. The van der Waals surface area contributed by atoms with E-state index >= 15 is 0 Å². The summed E-state index contributed by atoms with van der Waals surface area (Å²) in [5.74, 6) is -3.98. The fourth-order valence-corrected chi connectivity index (χ4v) is 1.72. The number of benzene rings is 1. The number of rotatable bonds is 2. The minimum Gasteiger partial charge on any atom is -0.404 e. The molecule has 1 aromatic rings. The van der Waals surface area contributed by atoms with Crippen LogP contribution in [0, 0.1) is 21.7 Å². The minimum absolute atomic E-state index is 0.231. The summed E-state index contributed by atoms with van der Waals surface area (Å²) in [6, 6.07) is 0.701. The van der Waals surface area contributed by atoms with Crippen molar-refractivity contribution >= 4 is 23.4 Å². The van der Waals surface area contributed by atoms with E-state index in [1.54, 1.807) is 0 Å². The molecule has 1 heterocycles. The number of nitrogens with zero attached hydrogens (tertiary/aromatic N) is 2. The van der Waals surface area contributed by atoms with Crippen LogP contribution in [0.3, 0.4) is 0 Å². The Bertz CT molecular complexity index is 710. The second kappa shape index (κ2) is 4.93. The Hall–Kier alpha value is -2.84. The number of imide groups is 1. The van der Waals surface area contributed by atoms with Crippen LogP contribution in [0.25, 0.3) is 0 Å². The second-order valence-corrected chi connectivity index (χ2v) is 4.35. The number of halogens is 2. The summed E-state index contributed by atoms with van der Waals surface area (Å²) in [7, 11) is 0. The molecule has 0 N–H and O–H groups in total. The summed E-state index contributed by atoms with van der Waals surface area (Å²) in [6.45, 7) is 2.99. The molecule has 1 aromatic carbocycles. The fraction of sp³-hybridized carbons (Fsp3) is 0.167. The molecule has 1 aliphatic rings. The number of hydrogen-bond acceptors (Lipinski definition) is 5. The van der Waals surface area contributed by atoms with Crippen LogP contribution in [0.4, 0.5) is 25.0 Å². The van der Waals surface area contributed by atoms with E-state index in [1.807, 2.05) is 0 Å². The van der Waals surface area contributed by atoms with Crippen molar-refractivity contribution in [3.8, 4) is 0 Å². The number of anilines is 1. The molecule has 0 radical (unpaired) electrons. The van der Waals surface area contributed by atoms with Crippen molar-refractivity contribution < 1.29 is 28.0 Å². The van der Waals surface area contributed by atoms with Gasteiger partial charge in [0.25, 0.3) is 0 Å². The lowest BCUT2D eigenvalue weighted by atomic mass is 10.2. The van der Waals surface area contributed by atoms with Crippen molar-refractivity contribution in [1.82, 2.24) is 0 Å². The average Bonchev–Trinajstić information content (AvgIpc) is 2.65. The van der Waals surface area contributed by atoms with Gasteiger partial charge in [-0.05, 0) is 19.4 Å². The molecule has 0 bridgehead atoms. The van der Waals surface area contributed by atoms with E-state index in [2.05, 4.69) is 4.74 Å². The molecule has 1 saturated heterocycles. The van der Waals surface area contributed by atoms with Crippen LogP contribution in [0.2, 0.25) is 0 Å². The molecule has 0 aliphatic carbocycles. The SMILES string of the molecule is CC(C)=C1OC(=O)N(c2cc([N+](=O)[O-])c(F)cc2F)C1=O. The van der Waals surface area contributed by atoms with Crippen LogP contribution in [0.15, 0.2) is 23.5 Å². The zero-order chi connectivity index (χ0) is 15.9. The number of nitro groups is 1. The molecule has 0 unspecified atom stereocenters. The van der Waals surface area contributed by atoms with Crippen LogP contribution < -0.4 is 4.90 Å². The Morgan fingerprint density at radius 2 is 1.86 bits per heavy atom. The summed E-state index contributed by atoms with van der Waals surface area (Å²) in [5, 5.41) is 10.6. The maximum atomic E-state index is 13.7. The van der Waals surface area contributed by atoms with Crippen molar-refractivity contribution in [2.75, 3.05) is 4.90 Å². The standard InChI is InChI=1S/C12H8F2N2O5/c1-5(2)10-11(17)15(12(18)21-10)8-4-9(16(19)20)7(14)3-6(8)13/h3-4H,1-2H3. The number of allylic oxidation sites excluding steroid dienone is 1. The molecule has 0 saturated carbocycles. The first-order chi connectivity index (χ1) is 9.73. The number of hydrogen-bond donors (Lipinski definition) is 0. The molecule has 0 spiro atoms. The Morgan fingerprint density at radius 1 is 1.24 bits per heavy atom. The number of cyclic esters (lactones) is 1. The molecule has 0 aromatic heterocycles. The van der Waals surface area contributed by atoms with Crippen LogP contribution >= 0.6 is 0 Å². The van der Waals surface area contributed by atoms with E-state index in [0.29, 0.717) is 11.6 Å². The fourth-order valence-electron chi connectivity index (χ4n) is 1.72. The van der Waals surface area contributed by atoms with Crippen LogP contribution in [0.5, 0.6) is 0 Å². The van der Waals surface area contributed by atoms with Crippen molar-refractivity contribution in [1.29, 1.82) is 0 Å². The molecule has 9 heteroatoms. The van der Waals surface area contributed by atoms with Gasteiger partial charge in [-0.2, -0.15) is 4.39 Å². The molecular formula is C12H8F2N2O5. The van der Waals surface area contributed by atoms with E-state index in [-0.39, 0.29) is 16.7 Å². The van der Waals surface area contributed by atoms with Gasteiger partial charge in [0.15, 0.2) is 11.6 Å². The first kappa shape index (κ1) is 14.6. The van der Waals surface area contributed by atoms with Gasteiger partial charge < -0.3 is 4.74 Å². The average molecular weight is 298 g/mol. The highest BCUT2D eigenvalue weighted by Crippen LogP contribution is 2.32. The highest BCUT2D eigenvalue weighted by atomic mass is 19.1. The largest absolute Gasteiger partial charge is 0.427 e. The molecular weight excluding hydrogens is 290 g/mol. The molecule has 1 fully saturated rings. The van der Waals surface area contributed by atoms with Gasteiger partial charge in [-0.1, -0.05) is 0 Å². The van der Waals surface area contributed by atoms with Gasteiger partial charge in [0.1, 0.15) is 0 Å². The van der Waals surface area contributed by atoms with Gasteiger partial charge in [-0.25, -0.2) is 14.1 Å². The Morgan fingerprint density at radius 3 is 2.33 bits per heavy atom. The third-order valence-electron chi connectivity index (χ3n) is 2.68. The summed E-state index contributed by atoms with van der Waals surface area (Å²) < 4.78 is 31.7. The zero-order valence-corrected chi connectivity index (χ0v) is 10.8. The van der Waals surface area contributed by atoms with Crippen molar-refractivity contribution in [2.45, 2.75) is 13.8 Å². The van der Waals surface area contributed by atoms with Gasteiger partial charge in [0, 0.05) is 12.1 Å². The van der Waals surface area contributed by atoms with Gasteiger partial charge in [0.2, 0.25) is 5.82 Å². The predicted molar refractivity (Wildman–Crippen MR) is 65.4 cm³/mol. The van der Waals surface area contributed by atoms with Gasteiger partial charge in [-0.3, -0.25) is 14.9 Å². The number of ether oxygens (including phenoxy) is 1. The molecule has 2 amide bonds. The zero-order valence-electron chi connectivity index (χ0n) is 10.8. The summed E-state index contributed by atoms with van der Waals surface area (Å²) in [5.41, 5.74) is -1.43. The van der Waals surface area contributed by atoms with Crippen molar-refractivity contribution in [3.63, 3.8) is 0 Å². The van der Waals surface area contributed by atoms with Gasteiger partial charge >= 0.3 is 17.7 Å². The summed E-state index contributed by atoms with van der Waals surface area (Å²) in [6.07, 6.45) is -1.21. The highest BCUT2D eigenvalue weighted by molar-refractivity contribution is 6.23. The van der Waals surface area contributed by atoms with E-state index in [0.717, 1.165) is 0 Å². The first-order valence-corrected chi connectivity index (χ1v) is 5.61. The first-order valence-electron chi connectivity index (χ1n) is 5.61. The monoisotopic (exact) mass is 298 g/mol. The predicted octanol–water partition coefficient (Wildman–Crippen LogP) is 2.65. The molecule has 110 valence electrons. The lowest BCUT2D eigenvalue weighted by Crippen LogP contribution is -2.29. The number of nitro benzene ring substituents is 1. The number of carbonyl (C=O) groups excluding carboxylic acids is 2. The van der Waals surface area contributed by atoms with Gasteiger partial charge in [0.05, 0.1) is 10.6 Å². The summed E-state index contributed by atoms with van der Waals surface area (Å²) >= 11 is 0. The molecule has 7 nitrogen and oxygen atoms in total. The van der Waals surface area contributed by atoms with E-state index < -0.39 is 39.9 Å². The van der Waals surface area contributed by atoms with Crippen molar-refractivity contribution in [2.24, 2.45) is 0 Å². The quantitative estimate of drug-likeness (QED) is 0.475. The van der Waals surface area contributed by atoms with Crippen LogP contribution in [0.1, 0.15) is 13.8 Å². The number of carbonyl (C=O) groups is 2. The third-order valence-corrected chi connectivity index (χ3v) is 2.68. The minimum atomic E-state index is -1.41. The topological polar surface area (TPSA) is 89.8 Å². The van der Waals surface area contributed by atoms with Crippen molar-refractivity contribution in [3.05, 3.63) is 45.2 Å². The maximum absolute atomic E-state index is 13.7. The van der Waals surface area contributed by atoms with E-state index in [1.165, 1.54) is 13.8 Å². The third kappa shape index (κ3) is 2.33. The molecule has 1 aliphatic heterocycles. The lowest BCUT2D eigenvalue weighted by Gasteiger charge is -2.11. The van der Waals surface area contributed by atoms with E-state index in [9.17, 15) is 28.5 Å². The number of amides is 2. The Kier molecular flexibility index (Phi) is 3.42. The highest BCUT2D eigenvalue weighted by Gasteiger charge is 2.41. The lowest BCUT2D eigenvalue weighted by molar-refractivity contribution is -0.387. The van der Waals surface area contributed by atoms with Crippen LogP contribution in [-0.2, 0) is 9.53 Å². The molecule has 2 rings (SSSR count). The smallest absolute Gasteiger partial charge is 0.404 e. The Labute approximate surface area is 116 Å².